The van der Waals surface area contributed by atoms with E-state index in [9.17, 15) is 28.8 Å². The first-order chi connectivity index (χ1) is 22.2. The summed E-state index contributed by atoms with van der Waals surface area (Å²) < 4.78 is 17.5. The van der Waals surface area contributed by atoms with E-state index in [2.05, 4.69) is 19.7 Å². The smallest absolute Gasteiger partial charge is 0.329 e. The summed E-state index contributed by atoms with van der Waals surface area (Å²) in [7, 11) is 4.18. The van der Waals surface area contributed by atoms with Crippen molar-refractivity contribution < 1.29 is 43.0 Å². The quantitative estimate of drug-likeness (QED) is 0.204. The molecular formula is C36H57N3O9. The number of nitrogens with zero attached hydrogens (tertiary/aromatic N) is 3. The summed E-state index contributed by atoms with van der Waals surface area (Å²) in [6, 6.07) is -3.57. The first-order valence-corrected chi connectivity index (χ1v) is 16.5. The zero-order valence-corrected chi connectivity index (χ0v) is 30.8. The highest BCUT2D eigenvalue weighted by Crippen LogP contribution is 2.26. The molecule has 1 fully saturated rings. The summed E-state index contributed by atoms with van der Waals surface area (Å²) in [6.07, 6.45) is 0.0867. The zero-order chi connectivity index (χ0) is 37.4. The van der Waals surface area contributed by atoms with Crippen molar-refractivity contribution in [1.29, 1.82) is 0 Å². The van der Waals surface area contributed by atoms with Gasteiger partial charge >= 0.3 is 17.9 Å². The topological polar surface area (TPSA) is 140 Å². The molecule has 0 aromatic heterocycles. The second kappa shape index (κ2) is 18.0. The number of likely N-dealkylation sites (N-methyl/N-ethyl adjacent to an activating group) is 3. The molecule has 1 rings (SSSR count). The van der Waals surface area contributed by atoms with Crippen LogP contribution in [0.3, 0.4) is 0 Å². The van der Waals surface area contributed by atoms with Crippen molar-refractivity contribution in [3.8, 4) is 0 Å². The summed E-state index contributed by atoms with van der Waals surface area (Å²) in [6.45, 7) is 26.4. The van der Waals surface area contributed by atoms with Crippen LogP contribution in [0.15, 0.2) is 38.0 Å². The lowest BCUT2D eigenvalue weighted by Crippen LogP contribution is -2.58. The van der Waals surface area contributed by atoms with Crippen LogP contribution in [0.2, 0.25) is 0 Å². The normalized spacial score (nSPS) is 27.9. The highest BCUT2D eigenvalue weighted by molar-refractivity contribution is 5.94. The van der Waals surface area contributed by atoms with Gasteiger partial charge < -0.3 is 28.9 Å². The van der Waals surface area contributed by atoms with Gasteiger partial charge in [0.25, 0.3) is 17.7 Å². The molecule has 1 heterocycles. The van der Waals surface area contributed by atoms with Gasteiger partial charge in [-0.2, -0.15) is 0 Å². The second-order valence-electron chi connectivity index (χ2n) is 13.8. The Morgan fingerprint density at radius 3 is 0.792 bits per heavy atom. The molecule has 1 aliphatic heterocycles. The van der Waals surface area contributed by atoms with Gasteiger partial charge in [0.15, 0.2) is 18.3 Å². The van der Waals surface area contributed by atoms with Gasteiger partial charge in [0, 0.05) is 38.9 Å². The van der Waals surface area contributed by atoms with Crippen LogP contribution in [0, 0.1) is 35.5 Å². The highest BCUT2D eigenvalue weighted by Gasteiger charge is 2.45. The first kappa shape index (κ1) is 42.1. The number of amides is 3. The van der Waals surface area contributed by atoms with Crippen molar-refractivity contribution in [3.05, 3.63) is 38.0 Å². The van der Waals surface area contributed by atoms with Gasteiger partial charge in [-0.05, 0) is 17.8 Å². The molecule has 1 saturated heterocycles. The van der Waals surface area contributed by atoms with Crippen LogP contribution in [0.25, 0.3) is 0 Å². The Morgan fingerprint density at radius 2 is 0.646 bits per heavy atom. The van der Waals surface area contributed by atoms with Crippen LogP contribution >= 0.6 is 0 Å². The van der Waals surface area contributed by atoms with Crippen LogP contribution in [0.1, 0.15) is 62.3 Å². The molecule has 0 spiro atoms. The van der Waals surface area contributed by atoms with Crippen LogP contribution in [-0.2, 0) is 43.0 Å². The molecular weight excluding hydrogens is 618 g/mol. The Bertz CT molecular complexity index is 1080. The van der Waals surface area contributed by atoms with Crippen molar-refractivity contribution in [2.45, 2.75) is 98.8 Å². The lowest BCUT2D eigenvalue weighted by molar-refractivity contribution is -0.181. The van der Waals surface area contributed by atoms with Crippen LogP contribution in [0.4, 0.5) is 0 Å². The van der Waals surface area contributed by atoms with E-state index in [1.54, 1.807) is 62.3 Å². The maximum atomic E-state index is 14.0. The summed E-state index contributed by atoms with van der Waals surface area (Å²) >= 11 is 0. The molecule has 48 heavy (non-hydrogen) atoms. The second-order valence-corrected chi connectivity index (χ2v) is 13.8. The van der Waals surface area contributed by atoms with Crippen molar-refractivity contribution in [1.82, 2.24) is 14.7 Å². The average Bonchev–Trinajstić information content (AvgIpc) is 3.01. The number of rotatable bonds is 9. The summed E-state index contributed by atoms with van der Waals surface area (Å²) in [4.78, 5) is 87.1. The molecule has 0 aliphatic carbocycles. The van der Waals surface area contributed by atoms with Gasteiger partial charge in [-0.25, -0.2) is 14.4 Å². The van der Waals surface area contributed by atoms with E-state index >= 15 is 0 Å². The Morgan fingerprint density at radius 1 is 0.458 bits per heavy atom. The predicted octanol–water partition coefficient (Wildman–Crippen LogP) is 3.65. The average molecular weight is 676 g/mol. The van der Waals surface area contributed by atoms with Gasteiger partial charge in [0.05, 0.1) is 0 Å². The number of cyclic esters (lactones) is 3. The van der Waals surface area contributed by atoms with Crippen molar-refractivity contribution in [2.24, 2.45) is 35.5 Å². The highest BCUT2D eigenvalue weighted by atomic mass is 16.6. The van der Waals surface area contributed by atoms with Gasteiger partial charge in [-0.1, -0.05) is 80.5 Å². The minimum atomic E-state index is -1.42. The standard InChI is InChI=1S/C36H57N3O9/c1-16-22(10)28-31(40)37(13)26(20(6)7)35(44)47-30(24(12)18-3)33(42)39(15)27(21(8)9)36(45)48-29(23(11)17-2)32(41)38(14)25(19(4)5)34(43)46-28/h16-30H,1-3H2,4-15H3/t22-,23-,24-,25-,26+,27+,28+,29-,30-/m1/s1. The van der Waals surface area contributed by atoms with Crippen molar-refractivity contribution in [3.63, 3.8) is 0 Å². The molecule has 270 valence electrons. The first-order valence-electron chi connectivity index (χ1n) is 16.5. The molecule has 0 N–H and O–H groups in total. The lowest BCUT2D eigenvalue weighted by atomic mass is 9.96. The Balaban J connectivity index is 4.07. The third kappa shape index (κ3) is 9.56. The number of carbonyl (C=O) groups is 6. The Labute approximate surface area is 286 Å². The van der Waals surface area contributed by atoms with E-state index in [4.69, 9.17) is 14.2 Å². The van der Waals surface area contributed by atoms with Crippen LogP contribution in [-0.4, -0.2) is 108 Å². The molecule has 12 nitrogen and oxygen atoms in total. The van der Waals surface area contributed by atoms with E-state index in [0.29, 0.717) is 0 Å². The van der Waals surface area contributed by atoms with E-state index in [-0.39, 0.29) is 0 Å². The lowest BCUT2D eigenvalue weighted by Gasteiger charge is -2.38. The molecule has 0 radical (unpaired) electrons. The number of ether oxygens (including phenoxy) is 3. The molecule has 3 amide bonds. The van der Waals surface area contributed by atoms with Crippen LogP contribution < -0.4 is 0 Å². The number of esters is 3. The fraction of sp³-hybridized carbons (Fsp3) is 0.667. The molecule has 9 atom stereocenters. The number of hydrogen-bond acceptors (Lipinski definition) is 9. The number of carbonyl (C=O) groups excluding carboxylic acids is 6. The fourth-order valence-corrected chi connectivity index (χ4v) is 5.75. The third-order valence-corrected chi connectivity index (χ3v) is 8.92. The van der Waals surface area contributed by atoms with E-state index in [1.165, 1.54) is 39.4 Å². The van der Waals surface area contributed by atoms with Gasteiger partial charge in [-0.3, -0.25) is 14.4 Å². The monoisotopic (exact) mass is 675 g/mol. The third-order valence-electron chi connectivity index (χ3n) is 8.92. The molecule has 1 aliphatic rings. The minimum absolute atomic E-state index is 0.491. The summed E-state index contributed by atoms with van der Waals surface area (Å²) in [5.41, 5.74) is 0. The van der Waals surface area contributed by atoms with Gasteiger partial charge in [0.2, 0.25) is 0 Å². The maximum absolute atomic E-state index is 14.0. The minimum Gasteiger partial charge on any atom is -0.450 e. The summed E-state index contributed by atoms with van der Waals surface area (Å²) in [5.74, 6) is -8.27. The van der Waals surface area contributed by atoms with Gasteiger partial charge in [0.1, 0.15) is 18.1 Å². The molecule has 12 heteroatoms. The Hall–Kier alpha value is -3.96. The molecule has 0 saturated carbocycles. The molecule has 0 unspecified atom stereocenters. The van der Waals surface area contributed by atoms with E-state index < -0.39 is 108 Å². The fourth-order valence-electron chi connectivity index (χ4n) is 5.75. The van der Waals surface area contributed by atoms with E-state index in [1.807, 2.05) is 0 Å². The van der Waals surface area contributed by atoms with E-state index in [0.717, 1.165) is 14.7 Å². The molecule has 0 aromatic carbocycles. The Kier molecular flexibility index (Phi) is 15.8. The predicted molar refractivity (Wildman–Crippen MR) is 182 cm³/mol. The van der Waals surface area contributed by atoms with Gasteiger partial charge in [-0.15, -0.1) is 19.7 Å². The summed E-state index contributed by atoms with van der Waals surface area (Å²) in [5, 5.41) is 0. The van der Waals surface area contributed by atoms with Crippen LogP contribution in [0.5, 0.6) is 0 Å². The SMILES string of the molecule is C=C[C@@H](C)[C@@H]1OC(=O)[C@@H](C(C)C)N(C)C(=O)[C@@H]([C@H](C)C=C)OC(=O)[C@H](C(C)C)N(C)C(=O)[C@@H]([C@H](C)C=C)OC(=O)[C@H](C(C)C)N(C)C1=O. The largest absolute Gasteiger partial charge is 0.450 e. The number of hydrogen-bond donors (Lipinski definition) is 0. The molecule has 0 aromatic rings. The van der Waals surface area contributed by atoms with Crippen molar-refractivity contribution >= 4 is 35.6 Å². The molecule has 0 bridgehead atoms. The zero-order valence-electron chi connectivity index (χ0n) is 30.8. The van der Waals surface area contributed by atoms with Crippen molar-refractivity contribution in [2.75, 3.05) is 21.1 Å². The maximum Gasteiger partial charge on any atom is 0.329 e.